The number of ether oxygens (including phenoxy) is 1. The van der Waals surface area contributed by atoms with Crippen molar-refractivity contribution >= 4 is 11.6 Å². The summed E-state index contributed by atoms with van der Waals surface area (Å²) in [4.78, 5) is 3.92. The largest absolute Gasteiger partial charge is 0.494 e. The Morgan fingerprint density at radius 2 is 2.29 bits per heavy atom. The van der Waals surface area contributed by atoms with E-state index in [1.807, 2.05) is 19.1 Å². The molecule has 0 aliphatic carbocycles. The van der Waals surface area contributed by atoms with Crippen LogP contribution in [-0.2, 0) is 0 Å². The van der Waals surface area contributed by atoms with Crippen molar-refractivity contribution in [1.82, 2.24) is 5.48 Å². The lowest BCUT2D eigenvalue weighted by Crippen LogP contribution is -2.27. The molecule has 1 rings (SSSR count). The maximum atomic E-state index is 8.48. The molecule has 0 saturated carbocycles. The van der Waals surface area contributed by atoms with Crippen LogP contribution >= 0.6 is 0 Å². The van der Waals surface area contributed by atoms with E-state index in [1.54, 1.807) is 18.7 Å². The average Bonchev–Trinajstić information content (AvgIpc) is 2.18. The maximum Gasteiger partial charge on any atom is 0.218 e. The molecule has 0 atom stereocenters. The number of nitrogens with one attached hydrogen (secondary N) is 1. The number of guanidine groups is 1. The molecule has 0 unspecified atom stereocenters. The van der Waals surface area contributed by atoms with Crippen LogP contribution in [-0.4, -0.2) is 18.3 Å². The molecule has 76 valence electrons. The highest BCUT2D eigenvalue weighted by Gasteiger charge is 2.01. The standard InChI is InChI=1S/C9H13N3O2/c1-6-3-4-8(14-2)7(5-6)11-9(10)12-13/h3-5,13H,1-2H3,(H3,10,11,12). The fourth-order valence-electron chi connectivity index (χ4n) is 1.04. The third kappa shape index (κ3) is 2.37. The normalized spacial score (nSPS) is 11.2. The van der Waals surface area contributed by atoms with Gasteiger partial charge in [-0.15, -0.1) is 0 Å². The van der Waals surface area contributed by atoms with Gasteiger partial charge in [0.05, 0.1) is 7.11 Å². The van der Waals surface area contributed by atoms with Gasteiger partial charge in [0.15, 0.2) is 0 Å². The lowest BCUT2D eigenvalue weighted by atomic mass is 10.2. The highest BCUT2D eigenvalue weighted by molar-refractivity contribution is 5.80. The summed E-state index contributed by atoms with van der Waals surface area (Å²) in [5.41, 5.74) is 8.68. The van der Waals surface area contributed by atoms with Crippen LogP contribution in [0.2, 0.25) is 0 Å². The lowest BCUT2D eigenvalue weighted by molar-refractivity contribution is 0.233. The number of hydrogen-bond acceptors (Lipinski definition) is 3. The summed E-state index contributed by atoms with van der Waals surface area (Å²) >= 11 is 0. The van der Waals surface area contributed by atoms with E-state index < -0.39 is 0 Å². The molecule has 1 aromatic carbocycles. The van der Waals surface area contributed by atoms with Crippen LogP contribution in [0.15, 0.2) is 23.2 Å². The molecule has 0 aliphatic rings. The first kappa shape index (κ1) is 10.3. The van der Waals surface area contributed by atoms with Crippen LogP contribution in [0.5, 0.6) is 5.75 Å². The number of aliphatic imine (C=N–C) groups is 1. The number of aryl methyl sites for hydroxylation is 1. The van der Waals surface area contributed by atoms with E-state index in [1.165, 1.54) is 0 Å². The van der Waals surface area contributed by atoms with E-state index in [-0.39, 0.29) is 5.96 Å². The number of benzene rings is 1. The number of nitrogens with zero attached hydrogens (tertiary/aromatic N) is 1. The summed E-state index contributed by atoms with van der Waals surface area (Å²) in [6.45, 7) is 1.93. The second-order valence-electron chi connectivity index (χ2n) is 2.78. The monoisotopic (exact) mass is 195 g/mol. The maximum absolute atomic E-state index is 8.48. The first-order chi connectivity index (χ1) is 6.67. The summed E-state index contributed by atoms with van der Waals surface area (Å²) < 4.78 is 5.07. The van der Waals surface area contributed by atoms with Crippen molar-refractivity contribution in [3.8, 4) is 5.75 Å². The Labute approximate surface area is 82.2 Å². The van der Waals surface area contributed by atoms with Crippen LogP contribution < -0.4 is 16.0 Å². The molecule has 5 heteroatoms. The minimum Gasteiger partial charge on any atom is -0.494 e. The Morgan fingerprint density at radius 1 is 1.57 bits per heavy atom. The molecule has 0 aromatic heterocycles. The summed E-state index contributed by atoms with van der Waals surface area (Å²) in [7, 11) is 1.55. The van der Waals surface area contributed by atoms with E-state index in [0.29, 0.717) is 11.4 Å². The number of nitrogens with two attached hydrogens (primary N) is 1. The van der Waals surface area contributed by atoms with Gasteiger partial charge in [0.1, 0.15) is 11.4 Å². The van der Waals surface area contributed by atoms with Crippen LogP contribution in [0, 0.1) is 6.92 Å². The quantitative estimate of drug-likeness (QED) is 0.372. The summed E-state index contributed by atoms with van der Waals surface area (Å²) in [5, 5.41) is 8.48. The topological polar surface area (TPSA) is 79.9 Å². The molecule has 5 nitrogen and oxygen atoms in total. The van der Waals surface area contributed by atoms with Gasteiger partial charge in [-0.25, -0.2) is 10.5 Å². The third-order valence-corrected chi connectivity index (χ3v) is 1.69. The van der Waals surface area contributed by atoms with E-state index >= 15 is 0 Å². The number of rotatable bonds is 2. The second-order valence-corrected chi connectivity index (χ2v) is 2.78. The molecule has 4 N–H and O–H groups in total. The van der Waals surface area contributed by atoms with Gasteiger partial charge in [0.2, 0.25) is 5.96 Å². The van der Waals surface area contributed by atoms with Crippen molar-refractivity contribution in [3.63, 3.8) is 0 Å². The van der Waals surface area contributed by atoms with Crippen molar-refractivity contribution < 1.29 is 9.94 Å². The molecule has 14 heavy (non-hydrogen) atoms. The number of hydroxylamine groups is 1. The zero-order valence-corrected chi connectivity index (χ0v) is 8.11. The number of methoxy groups -OCH3 is 1. The SMILES string of the molecule is COc1ccc(C)cc1N=C(N)NO. The molecule has 0 spiro atoms. The van der Waals surface area contributed by atoms with Crippen LogP contribution in [0.4, 0.5) is 5.69 Å². The minimum absolute atomic E-state index is 0.0751. The minimum atomic E-state index is -0.0751. The smallest absolute Gasteiger partial charge is 0.218 e. The Morgan fingerprint density at radius 3 is 2.86 bits per heavy atom. The molecular formula is C9H13N3O2. The Bertz CT molecular complexity index is 350. The molecule has 0 aliphatic heterocycles. The van der Waals surface area contributed by atoms with Gasteiger partial charge in [-0.1, -0.05) is 6.07 Å². The third-order valence-electron chi connectivity index (χ3n) is 1.69. The summed E-state index contributed by atoms with van der Waals surface area (Å²) in [6.07, 6.45) is 0. The van der Waals surface area contributed by atoms with E-state index in [9.17, 15) is 0 Å². The highest BCUT2D eigenvalue weighted by Crippen LogP contribution is 2.27. The van der Waals surface area contributed by atoms with Crippen LogP contribution in [0.25, 0.3) is 0 Å². The molecule has 0 saturated heterocycles. The Hall–Kier alpha value is -1.75. The lowest BCUT2D eigenvalue weighted by Gasteiger charge is -2.05. The second kappa shape index (κ2) is 4.48. The molecular weight excluding hydrogens is 182 g/mol. The van der Waals surface area contributed by atoms with Crippen LogP contribution in [0.1, 0.15) is 5.56 Å². The number of hydrogen-bond donors (Lipinski definition) is 3. The van der Waals surface area contributed by atoms with Gasteiger partial charge in [-0.05, 0) is 24.6 Å². The van der Waals surface area contributed by atoms with Gasteiger partial charge in [-0.3, -0.25) is 5.21 Å². The van der Waals surface area contributed by atoms with E-state index in [2.05, 4.69) is 4.99 Å². The average molecular weight is 195 g/mol. The Balaban J connectivity index is 3.11. The van der Waals surface area contributed by atoms with Gasteiger partial charge in [0.25, 0.3) is 0 Å². The predicted molar refractivity (Wildman–Crippen MR) is 53.9 cm³/mol. The zero-order valence-electron chi connectivity index (χ0n) is 8.11. The first-order valence-corrected chi connectivity index (χ1v) is 4.06. The van der Waals surface area contributed by atoms with E-state index in [4.69, 9.17) is 15.7 Å². The molecule has 1 aromatic rings. The van der Waals surface area contributed by atoms with Gasteiger partial charge in [-0.2, -0.15) is 0 Å². The van der Waals surface area contributed by atoms with Crippen molar-refractivity contribution in [2.75, 3.05) is 7.11 Å². The summed E-state index contributed by atoms with van der Waals surface area (Å²) in [5.74, 6) is 0.530. The fourth-order valence-corrected chi connectivity index (χ4v) is 1.04. The van der Waals surface area contributed by atoms with Crippen molar-refractivity contribution in [2.24, 2.45) is 10.7 Å². The van der Waals surface area contributed by atoms with Crippen molar-refractivity contribution in [1.29, 1.82) is 0 Å². The zero-order chi connectivity index (χ0) is 10.6. The Kier molecular flexibility index (Phi) is 3.30. The van der Waals surface area contributed by atoms with Crippen LogP contribution in [0.3, 0.4) is 0 Å². The molecule has 0 heterocycles. The van der Waals surface area contributed by atoms with E-state index in [0.717, 1.165) is 5.56 Å². The first-order valence-electron chi connectivity index (χ1n) is 4.06. The molecule has 0 amide bonds. The van der Waals surface area contributed by atoms with Gasteiger partial charge >= 0.3 is 0 Å². The van der Waals surface area contributed by atoms with Crippen molar-refractivity contribution in [3.05, 3.63) is 23.8 Å². The van der Waals surface area contributed by atoms with Gasteiger partial charge < -0.3 is 10.5 Å². The van der Waals surface area contributed by atoms with Gasteiger partial charge in [0, 0.05) is 0 Å². The molecule has 0 bridgehead atoms. The summed E-state index contributed by atoms with van der Waals surface area (Å²) in [6, 6.07) is 5.50. The van der Waals surface area contributed by atoms with Crippen molar-refractivity contribution in [2.45, 2.75) is 6.92 Å². The predicted octanol–water partition coefficient (Wildman–Crippen LogP) is 0.929. The highest BCUT2D eigenvalue weighted by atomic mass is 16.5. The fraction of sp³-hybridized carbons (Fsp3) is 0.222. The molecule has 0 fully saturated rings. The molecule has 0 radical (unpaired) electrons.